The Bertz CT molecular complexity index is 628. The van der Waals surface area contributed by atoms with Gasteiger partial charge in [-0.25, -0.2) is 0 Å². The van der Waals surface area contributed by atoms with Crippen molar-refractivity contribution in [3.63, 3.8) is 0 Å². The minimum atomic E-state index is -0.476. The molecule has 0 aliphatic heterocycles. The molecule has 1 atom stereocenters. The van der Waals surface area contributed by atoms with E-state index in [4.69, 9.17) is 0 Å². The van der Waals surface area contributed by atoms with Crippen molar-refractivity contribution in [2.75, 3.05) is 0 Å². The van der Waals surface area contributed by atoms with Crippen molar-refractivity contribution in [3.05, 3.63) is 51.8 Å². The average molecular weight is 286 g/mol. The van der Waals surface area contributed by atoms with Crippen molar-refractivity contribution < 1.29 is 5.11 Å². The zero-order valence-electron chi connectivity index (χ0n) is 13.8. The zero-order valence-corrected chi connectivity index (χ0v) is 13.8. The molecule has 0 saturated heterocycles. The number of benzene rings is 1. The summed E-state index contributed by atoms with van der Waals surface area (Å²) in [5, 5.41) is 15.2. The Morgan fingerprint density at radius 3 is 2.33 bits per heavy atom. The molecule has 0 aliphatic carbocycles. The van der Waals surface area contributed by atoms with Gasteiger partial charge in [-0.1, -0.05) is 19.1 Å². The molecule has 0 spiro atoms. The van der Waals surface area contributed by atoms with Crippen molar-refractivity contribution in [1.82, 2.24) is 9.78 Å². The summed E-state index contributed by atoms with van der Waals surface area (Å²) in [7, 11) is 0. The molecular weight excluding hydrogens is 260 g/mol. The number of aliphatic hydroxyl groups excluding tert-OH is 1. The molecule has 1 aromatic heterocycles. The Labute approximate surface area is 127 Å². The number of rotatable bonds is 5. The summed E-state index contributed by atoms with van der Waals surface area (Å²) in [6.45, 7) is 11.3. The van der Waals surface area contributed by atoms with Crippen LogP contribution in [-0.2, 0) is 19.4 Å². The summed E-state index contributed by atoms with van der Waals surface area (Å²) < 4.78 is 2.00. The van der Waals surface area contributed by atoms with E-state index in [1.807, 2.05) is 4.68 Å². The monoisotopic (exact) mass is 286 g/mol. The van der Waals surface area contributed by atoms with E-state index < -0.39 is 6.10 Å². The van der Waals surface area contributed by atoms with E-state index in [0.29, 0.717) is 6.42 Å². The Balaban J connectivity index is 2.27. The maximum atomic E-state index is 10.6. The van der Waals surface area contributed by atoms with E-state index >= 15 is 0 Å². The second-order valence-corrected chi connectivity index (χ2v) is 5.81. The molecule has 1 aromatic carbocycles. The topological polar surface area (TPSA) is 38.0 Å². The van der Waals surface area contributed by atoms with E-state index in [0.717, 1.165) is 35.5 Å². The molecule has 0 amide bonds. The molecule has 21 heavy (non-hydrogen) atoms. The van der Waals surface area contributed by atoms with Gasteiger partial charge in [0.15, 0.2) is 0 Å². The van der Waals surface area contributed by atoms with Crippen molar-refractivity contribution >= 4 is 0 Å². The van der Waals surface area contributed by atoms with Crippen LogP contribution in [0.2, 0.25) is 0 Å². The molecule has 0 bridgehead atoms. The summed E-state index contributed by atoms with van der Waals surface area (Å²) in [5.74, 6) is 0. The highest BCUT2D eigenvalue weighted by atomic mass is 16.3. The summed E-state index contributed by atoms with van der Waals surface area (Å²) in [5.41, 5.74) is 6.89. The molecule has 2 aromatic rings. The van der Waals surface area contributed by atoms with Crippen LogP contribution in [-0.4, -0.2) is 14.9 Å². The van der Waals surface area contributed by atoms with Crippen LogP contribution in [0.25, 0.3) is 0 Å². The molecule has 3 nitrogen and oxygen atoms in total. The summed E-state index contributed by atoms with van der Waals surface area (Å²) in [6.07, 6.45) is 1.07. The predicted octanol–water partition coefficient (Wildman–Crippen LogP) is 3.67. The standard InChI is InChI=1S/C18H26N2O/c1-6-15-10-16(20(7-2)19-15)11-18(21)17-9-13(4)12(3)8-14(17)5/h8-10,18,21H,6-7,11H2,1-5H3. The van der Waals surface area contributed by atoms with Gasteiger partial charge in [0, 0.05) is 18.7 Å². The first-order valence-electron chi connectivity index (χ1n) is 7.77. The second-order valence-electron chi connectivity index (χ2n) is 5.81. The number of aryl methyl sites for hydroxylation is 5. The zero-order chi connectivity index (χ0) is 15.6. The summed E-state index contributed by atoms with van der Waals surface area (Å²) in [6, 6.07) is 6.38. The van der Waals surface area contributed by atoms with Gasteiger partial charge in [0.2, 0.25) is 0 Å². The van der Waals surface area contributed by atoms with Crippen LogP contribution in [0, 0.1) is 20.8 Å². The summed E-state index contributed by atoms with van der Waals surface area (Å²) in [4.78, 5) is 0. The maximum Gasteiger partial charge on any atom is 0.0847 e. The number of nitrogens with zero attached hydrogens (tertiary/aromatic N) is 2. The SMILES string of the molecule is CCc1cc(CC(O)c2cc(C)c(C)cc2C)n(CC)n1. The van der Waals surface area contributed by atoms with Crippen molar-refractivity contribution in [2.24, 2.45) is 0 Å². The van der Waals surface area contributed by atoms with Crippen LogP contribution >= 0.6 is 0 Å². The first-order chi connectivity index (χ1) is 9.96. The lowest BCUT2D eigenvalue weighted by atomic mass is 9.95. The molecule has 1 unspecified atom stereocenters. The molecule has 114 valence electrons. The van der Waals surface area contributed by atoms with Gasteiger partial charge in [-0.2, -0.15) is 5.10 Å². The number of aliphatic hydroxyl groups is 1. The smallest absolute Gasteiger partial charge is 0.0847 e. The van der Waals surface area contributed by atoms with E-state index in [9.17, 15) is 5.11 Å². The van der Waals surface area contributed by atoms with Crippen LogP contribution < -0.4 is 0 Å². The Morgan fingerprint density at radius 1 is 1.05 bits per heavy atom. The molecule has 2 rings (SSSR count). The Morgan fingerprint density at radius 2 is 1.71 bits per heavy atom. The van der Waals surface area contributed by atoms with E-state index in [1.165, 1.54) is 11.1 Å². The van der Waals surface area contributed by atoms with E-state index in [-0.39, 0.29) is 0 Å². The third-order valence-corrected chi connectivity index (χ3v) is 4.22. The van der Waals surface area contributed by atoms with Crippen LogP contribution in [0.15, 0.2) is 18.2 Å². The Hall–Kier alpha value is -1.61. The van der Waals surface area contributed by atoms with Crippen LogP contribution in [0.4, 0.5) is 0 Å². The molecule has 1 heterocycles. The lowest BCUT2D eigenvalue weighted by Crippen LogP contribution is -2.10. The highest BCUT2D eigenvalue weighted by Crippen LogP contribution is 2.25. The first kappa shape index (κ1) is 15.8. The molecule has 0 radical (unpaired) electrons. The lowest BCUT2D eigenvalue weighted by Gasteiger charge is -2.16. The fraction of sp³-hybridized carbons (Fsp3) is 0.500. The fourth-order valence-electron chi connectivity index (χ4n) is 2.78. The first-order valence-corrected chi connectivity index (χ1v) is 7.77. The van der Waals surface area contributed by atoms with Gasteiger partial charge in [-0.3, -0.25) is 4.68 Å². The van der Waals surface area contributed by atoms with Crippen LogP contribution in [0.1, 0.15) is 53.6 Å². The minimum absolute atomic E-state index is 0.476. The quantitative estimate of drug-likeness (QED) is 0.910. The van der Waals surface area contributed by atoms with Gasteiger partial charge in [-0.15, -0.1) is 0 Å². The van der Waals surface area contributed by atoms with Crippen molar-refractivity contribution in [1.29, 1.82) is 0 Å². The highest BCUT2D eigenvalue weighted by molar-refractivity contribution is 5.38. The largest absolute Gasteiger partial charge is 0.388 e. The predicted molar refractivity (Wildman–Crippen MR) is 86.6 cm³/mol. The lowest BCUT2D eigenvalue weighted by molar-refractivity contribution is 0.174. The highest BCUT2D eigenvalue weighted by Gasteiger charge is 2.16. The van der Waals surface area contributed by atoms with Gasteiger partial charge < -0.3 is 5.11 Å². The van der Waals surface area contributed by atoms with Gasteiger partial charge in [0.1, 0.15) is 0 Å². The van der Waals surface area contributed by atoms with Crippen LogP contribution in [0.3, 0.4) is 0 Å². The Kier molecular flexibility index (Phi) is 4.84. The third-order valence-electron chi connectivity index (χ3n) is 4.22. The molecule has 0 fully saturated rings. The second kappa shape index (κ2) is 6.44. The third kappa shape index (κ3) is 3.35. The van der Waals surface area contributed by atoms with Crippen LogP contribution in [0.5, 0.6) is 0 Å². The minimum Gasteiger partial charge on any atom is -0.388 e. The maximum absolute atomic E-state index is 10.6. The van der Waals surface area contributed by atoms with Gasteiger partial charge in [0.25, 0.3) is 0 Å². The number of aromatic nitrogens is 2. The number of hydrogen-bond acceptors (Lipinski definition) is 2. The molecule has 0 aliphatic rings. The van der Waals surface area contributed by atoms with Crippen molar-refractivity contribution in [3.8, 4) is 0 Å². The van der Waals surface area contributed by atoms with Crippen molar-refractivity contribution in [2.45, 2.75) is 60.1 Å². The molecular formula is C18H26N2O. The van der Waals surface area contributed by atoms with E-state index in [2.05, 4.69) is 57.9 Å². The molecule has 1 N–H and O–H groups in total. The average Bonchev–Trinajstić information content (AvgIpc) is 2.84. The fourth-order valence-corrected chi connectivity index (χ4v) is 2.78. The summed E-state index contributed by atoms with van der Waals surface area (Å²) >= 11 is 0. The van der Waals surface area contributed by atoms with Gasteiger partial charge in [-0.05, 0) is 62.4 Å². The van der Waals surface area contributed by atoms with E-state index in [1.54, 1.807) is 0 Å². The number of hydrogen-bond donors (Lipinski definition) is 1. The van der Waals surface area contributed by atoms with Gasteiger partial charge in [0.05, 0.1) is 11.8 Å². The molecule has 3 heteroatoms. The normalized spacial score (nSPS) is 12.7. The van der Waals surface area contributed by atoms with Gasteiger partial charge >= 0.3 is 0 Å². The molecule has 0 saturated carbocycles.